The van der Waals surface area contributed by atoms with Gasteiger partial charge in [0.2, 0.25) is 0 Å². The lowest BCUT2D eigenvalue weighted by atomic mass is 10.0. The van der Waals surface area contributed by atoms with Gasteiger partial charge in [0.1, 0.15) is 6.04 Å². The largest absolute Gasteiger partial charge is 0.479 e. The number of carboxylic acids is 1. The van der Waals surface area contributed by atoms with E-state index in [1.54, 1.807) is 0 Å². The average molecular weight is 219 g/mol. The molecular formula is C8H13NO4S. The molecule has 14 heavy (non-hydrogen) atoms. The van der Waals surface area contributed by atoms with Crippen molar-refractivity contribution in [3.05, 3.63) is 0 Å². The highest BCUT2D eigenvalue weighted by atomic mass is 32.2. The number of carbonyl (C=O) groups is 2. The van der Waals surface area contributed by atoms with Crippen LogP contribution in [0.25, 0.3) is 0 Å². The van der Waals surface area contributed by atoms with Gasteiger partial charge in [-0.2, -0.15) is 0 Å². The van der Waals surface area contributed by atoms with E-state index in [2.05, 4.69) is 10.1 Å². The van der Waals surface area contributed by atoms with Gasteiger partial charge in [0, 0.05) is 4.75 Å². The molecule has 2 N–H and O–H groups in total. The van der Waals surface area contributed by atoms with Crippen molar-refractivity contribution in [1.82, 2.24) is 5.32 Å². The number of aliphatic carboxylic acids is 1. The molecular weight excluding hydrogens is 206 g/mol. The summed E-state index contributed by atoms with van der Waals surface area (Å²) in [5.41, 5.74) is 0. The Morgan fingerprint density at radius 1 is 1.50 bits per heavy atom. The van der Waals surface area contributed by atoms with Crippen LogP contribution in [-0.4, -0.2) is 40.3 Å². The Hall–Kier alpha value is -0.750. The smallest absolute Gasteiger partial charge is 0.331 e. The molecule has 1 saturated heterocycles. The molecule has 80 valence electrons. The Morgan fingerprint density at radius 2 is 2.07 bits per heavy atom. The van der Waals surface area contributed by atoms with E-state index in [1.165, 1.54) is 18.9 Å². The van der Waals surface area contributed by atoms with Crippen LogP contribution in [-0.2, 0) is 14.3 Å². The molecule has 2 unspecified atom stereocenters. The van der Waals surface area contributed by atoms with Crippen LogP contribution in [0.3, 0.4) is 0 Å². The van der Waals surface area contributed by atoms with Gasteiger partial charge in [0.25, 0.3) is 0 Å². The van der Waals surface area contributed by atoms with Crippen molar-refractivity contribution >= 4 is 23.7 Å². The molecule has 0 aromatic rings. The maximum atomic E-state index is 11.3. The molecule has 1 fully saturated rings. The second-order valence-corrected chi connectivity index (χ2v) is 5.32. The van der Waals surface area contributed by atoms with Crippen molar-refractivity contribution in [3.63, 3.8) is 0 Å². The summed E-state index contributed by atoms with van der Waals surface area (Å²) in [4.78, 5) is 22.0. The summed E-state index contributed by atoms with van der Waals surface area (Å²) >= 11 is 1.22. The minimum Gasteiger partial charge on any atom is -0.479 e. The molecule has 1 heterocycles. The SMILES string of the molecule is COC(=O)C1NC(C(=O)O)SC1(C)C. The van der Waals surface area contributed by atoms with Crippen molar-refractivity contribution < 1.29 is 19.4 Å². The number of nitrogens with one attached hydrogen (secondary N) is 1. The number of esters is 1. The molecule has 0 aromatic carbocycles. The molecule has 0 amide bonds. The molecule has 2 atom stereocenters. The van der Waals surface area contributed by atoms with Crippen molar-refractivity contribution in [3.8, 4) is 0 Å². The van der Waals surface area contributed by atoms with Crippen molar-refractivity contribution in [2.45, 2.75) is 30.0 Å². The van der Waals surface area contributed by atoms with Crippen LogP contribution >= 0.6 is 11.8 Å². The highest BCUT2D eigenvalue weighted by molar-refractivity contribution is 8.02. The molecule has 6 heteroatoms. The summed E-state index contributed by atoms with van der Waals surface area (Å²) in [6.45, 7) is 3.63. The summed E-state index contributed by atoms with van der Waals surface area (Å²) in [5, 5.41) is 10.8. The first kappa shape index (κ1) is 11.3. The summed E-state index contributed by atoms with van der Waals surface area (Å²) < 4.78 is 4.13. The number of hydrogen-bond acceptors (Lipinski definition) is 5. The van der Waals surface area contributed by atoms with E-state index in [4.69, 9.17) is 5.11 Å². The van der Waals surface area contributed by atoms with Gasteiger partial charge in [-0.15, -0.1) is 11.8 Å². The topological polar surface area (TPSA) is 75.6 Å². The van der Waals surface area contributed by atoms with E-state index in [1.807, 2.05) is 13.8 Å². The van der Waals surface area contributed by atoms with E-state index in [0.29, 0.717) is 0 Å². The lowest BCUT2D eigenvalue weighted by Gasteiger charge is -2.22. The Labute approximate surface area is 86.2 Å². The Balaban J connectivity index is 2.78. The van der Waals surface area contributed by atoms with E-state index in [9.17, 15) is 9.59 Å². The van der Waals surface area contributed by atoms with Crippen LogP contribution in [0.5, 0.6) is 0 Å². The third kappa shape index (κ3) is 2.01. The first-order valence-corrected chi connectivity index (χ1v) is 5.01. The molecule has 0 saturated carbocycles. The van der Waals surface area contributed by atoms with Gasteiger partial charge in [-0.05, 0) is 13.8 Å². The summed E-state index contributed by atoms with van der Waals surface area (Å²) in [6.07, 6.45) is 0. The molecule has 0 radical (unpaired) electrons. The van der Waals surface area contributed by atoms with E-state index < -0.39 is 28.1 Å². The van der Waals surface area contributed by atoms with E-state index in [0.717, 1.165) is 0 Å². The van der Waals surface area contributed by atoms with Crippen LogP contribution in [0.15, 0.2) is 0 Å². The van der Waals surface area contributed by atoms with Gasteiger partial charge in [-0.1, -0.05) is 0 Å². The zero-order chi connectivity index (χ0) is 10.9. The molecule has 1 rings (SSSR count). The van der Waals surface area contributed by atoms with Gasteiger partial charge in [0.05, 0.1) is 7.11 Å². The highest BCUT2D eigenvalue weighted by Crippen LogP contribution is 2.38. The zero-order valence-electron chi connectivity index (χ0n) is 8.23. The van der Waals surface area contributed by atoms with Gasteiger partial charge < -0.3 is 9.84 Å². The predicted octanol–water partition coefficient (Wildman–Crippen LogP) is 0.0537. The van der Waals surface area contributed by atoms with E-state index in [-0.39, 0.29) is 0 Å². The Bertz CT molecular complexity index is 266. The lowest BCUT2D eigenvalue weighted by molar-refractivity contribution is -0.144. The first-order valence-electron chi connectivity index (χ1n) is 4.13. The number of ether oxygens (including phenoxy) is 1. The summed E-state index contributed by atoms with van der Waals surface area (Å²) in [6, 6.07) is -0.571. The number of rotatable bonds is 2. The molecule has 1 aliphatic heterocycles. The third-order valence-electron chi connectivity index (χ3n) is 2.10. The van der Waals surface area contributed by atoms with Crippen molar-refractivity contribution in [2.24, 2.45) is 0 Å². The number of hydrogen-bond donors (Lipinski definition) is 2. The highest BCUT2D eigenvalue weighted by Gasteiger charge is 2.48. The number of thioether (sulfide) groups is 1. The molecule has 5 nitrogen and oxygen atoms in total. The zero-order valence-corrected chi connectivity index (χ0v) is 9.05. The van der Waals surface area contributed by atoms with Crippen LogP contribution in [0.2, 0.25) is 0 Å². The quantitative estimate of drug-likeness (QED) is 0.639. The standard InChI is InChI=1S/C8H13NO4S/c1-8(2)4(7(12)13-3)9-5(14-8)6(10)11/h4-5,9H,1-3H3,(H,10,11). The number of carboxylic acid groups (broad SMARTS) is 1. The van der Waals surface area contributed by atoms with Crippen LogP contribution in [0.4, 0.5) is 0 Å². The van der Waals surface area contributed by atoms with Gasteiger partial charge in [-0.25, -0.2) is 4.79 Å². The normalized spacial score (nSPS) is 29.9. The first-order chi connectivity index (χ1) is 6.38. The minimum atomic E-state index is -0.963. The average Bonchev–Trinajstić information content (AvgIpc) is 2.40. The fourth-order valence-electron chi connectivity index (χ4n) is 1.35. The van der Waals surface area contributed by atoms with Gasteiger partial charge in [-0.3, -0.25) is 10.1 Å². The molecule has 1 aliphatic rings. The molecule has 0 bridgehead atoms. The Morgan fingerprint density at radius 3 is 2.43 bits per heavy atom. The van der Waals surface area contributed by atoms with Crippen LogP contribution in [0, 0.1) is 0 Å². The fourth-order valence-corrected chi connectivity index (χ4v) is 2.56. The monoisotopic (exact) mass is 219 g/mol. The van der Waals surface area contributed by atoms with E-state index >= 15 is 0 Å². The van der Waals surface area contributed by atoms with Crippen LogP contribution in [0.1, 0.15) is 13.8 Å². The maximum Gasteiger partial charge on any atom is 0.331 e. The lowest BCUT2D eigenvalue weighted by Crippen LogP contribution is -2.46. The number of methoxy groups -OCH3 is 1. The predicted molar refractivity (Wildman–Crippen MR) is 52.0 cm³/mol. The summed E-state index contributed by atoms with van der Waals surface area (Å²) in [7, 11) is 1.29. The molecule has 0 aromatic heterocycles. The second-order valence-electron chi connectivity index (χ2n) is 3.56. The summed E-state index contributed by atoms with van der Waals surface area (Å²) in [5.74, 6) is -1.39. The van der Waals surface area contributed by atoms with Crippen LogP contribution < -0.4 is 5.32 Å². The van der Waals surface area contributed by atoms with Crippen molar-refractivity contribution in [2.75, 3.05) is 7.11 Å². The van der Waals surface area contributed by atoms with Crippen molar-refractivity contribution in [1.29, 1.82) is 0 Å². The Kier molecular flexibility index (Phi) is 3.06. The fraction of sp³-hybridized carbons (Fsp3) is 0.750. The van der Waals surface area contributed by atoms with Gasteiger partial charge in [0.15, 0.2) is 5.37 Å². The van der Waals surface area contributed by atoms with Gasteiger partial charge >= 0.3 is 11.9 Å². The third-order valence-corrected chi connectivity index (χ3v) is 3.51. The number of carbonyl (C=O) groups excluding carboxylic acids is 1. The minimum absolute atomic E-state index is 0.425. The second kappa shape index (κ2) is 3.78. The maximum absolute atomic E-state index is 11.3. The molecule has 0 aliphatic carbocycles. The molecule has 0 spiro atoms.